The molecule has 0 aliphatic carbocycles. The Morgan fingerprint density at radius 2 is 0.977 bits per heavy atom. The van der Waals surface area contributed by atoms with E-state index in [0.29, 0.717) is 0 Å². The molecule has 0 N–H and O–H groups in total. The lowest BCUT2D eigenvalue weighted by Gasteiger charge is -2.38. The van der Waals surface area contributed by atoms with Gasteiger partial charge < -0.3 is 4.43 Å². The van der Waals surface area contributed by atoms with Crippen LogP contribution in [0.25, 0.3) is 45.6 Å². The highest BCUT2D eigenvalue weighted by Crippen LogP contribution is 2.39. The van der Waals surface area contributed by atoms with E-state index in [1.807, 2.05) is 91.0 Å². The summed E-state index contributed by atoms with van der Waals surface area (Å²) in [6.07, 6.45) is -0.103. The summed E-state index contributed by atoms with van der Waals surface area (Å²) in [5, 5.41) is 1.12. The smallest absolute Gasteiger partial charge is 0.192 e. The van der Waals surface area contributed by atoms with Crippen molar-refractivity contribution in [2.45, 2.75) is 63.9 Å². The van der Waals surface area contributed by atoms with Gasteiger partial charge in [0.1, 0.15) is 0 Å². The monoisotopic (exact) mass is 605 g/mol. The van der Waals surface area contributed by atoms with Crippen LogP contribution in [0.5, 0.6) is 0 Å². The van der Waals surface area contributed by atoms with E-state index >= 15 is 0 Å². The van der Waals surface area contributed by atoms with Crippen LogP contribution in [0.2, 0.25) is 18.1 Å². The van der Waals surface area contributed by atoms with Gasteiger partial charge in [-0.15, -0.1) is 11.8 Å². The molecule has 5 heterocycles. The van der Waals surface area contributed by atoms with Gasteiger partial charge in [-0.25, -0.2) is 24.9 Å². The van der Waals surface area contributed by atoms with Gasteiger partial charge in [-0.3, -0.25) is 0 Å². The SMILES string of the molecule is CCSc1cccc(-c2cccc(-c3cccc(-c4cccc(-c5cccc([C@H](C)O[Si](C)(C)C(C)(C)C)n5)n4)n3)n2)n1. The molecule has 1 atom stereocenters. The molecular weight excluding hydrogens is 567 g/mol. The van der Waals surface area contributed by atoms with Crippen LogP contribution < -0.4 is 0 Å². The molecule has 6 nitrogen and oxygen atoms in total. The first kappa shape index (κ1) is 30.7. The van der Waals surface area contributed by atoms with E-state index in [-0.39, 0.29) is 11.1 Å². The molecule has 0 aromatic carbocycles. The van der Waals surface area contributed by atoms with Gasteiger partial charge in [0.05, 0.1) is 62.4 Å². The van der Waals surface area contributed by atoms with E-state index < -0.39 is 8.32 Å². The molecule has 0 saturated heterocycles. The van der Waals surface area contributed by atoms with Crippen molar-refractivity contribution in [3.05, 3.63) is 96.7 Å². The van der Waals surface area contributed by atoms with Gasteiger partial charge in [0.25, 0.3) is 0 Å². The minimum Gasteiger partial charge on any atom is -0.409 e. The number of hydrogen-bond acceptors (Lipinski definition) is 7. The first-order valence-electron chi connectivity index (χ1n) is 14.7. The first-order chi connectivity index (χ1) is 20.5. The second kappa shape index (κ2) is 12.9. The molecule has 5 aromatic heterocycles. The fourth-order valence-corrected chi connectivity index (χ4v) is 6.44. The van der Waals surface area contributed by atoms with E-state index in [2.05, 4.69) is 47.7 Å². The zero-order chi connectivity index (χ0) is 30.6. The van der Waals surface area contributed by atoms with Crippen LogP contribution in [0, 0.1) is 0 Å². The van der Waals surface area contributed by atoms with Gasteiger partial charge in [0.15, 0.2) is 8.32 Å². The predicted molar refractivity (Wildman–Crippen MR) is 180 cm³/mol. The van der Waals surface area contributed by atoms with Crippen molar-refractivity contribution < 1.29 is 4.43 Å². The van der Waals surface area contributed by atoms with E-state index in [1.54, 1.807) is 11.8 Å². The topological polar surface area (TPSA) is 73.7 Å². The summed E-state index contributed by atoms with van der Waals surface area (Å²) >= 11 is 1.72. The van der Waals surface area contributed by atoms with Crippen LogP contribution in [-0.2, 0) is 4.43 Å². The van der Waals surface area contributed by atoms with Gasteiger partial charge in [-0.2, -0.15) is 0 Å². The van der Waals surface area contributed by atoms with Crippen molar-refractivity contribution in [1.82, 2.24) is 24.9 Å². The van der Waals surface area contributed by atoms with Crippen molar-refractivity contribution in [1.29, 1.82) is 0 Å². The minimum absolute atomic E-state index is 0.103. The molecular formula is C35H39N5OSSi. The molecule has 0 aliphatic heterocycles. The molecule has 5 aromatic rings. The molecule has 43 heavy (non-hydrogen) atoms. The average Bonchev–Trinajstić information content (AvgIpc) is 3.01. The third kappa shape index (κ3) is 7.26. The Kier molecular flexibility index (Phi) is 9.20. The maximum atomic E-state index is 6.62. The molecule has 0 saturated carbocycles. The zero-order valence-electron chi connectivity index (χ0n) is 26.0. The summed E-state index contributed by atoms with van der Waals surface area (Å²) in [4.78, 5) is 24.6. The van der Waals surface area contributed by atoms with Crippen LogP contribution in [0.1, 0.15) is 46.4 Å². The van der Waals surface area contributed by atoms with E-state index in [9.17, 15) is 0 Å². The molecule has 0 spiro atoms. The number of aromatic nitrogens is 5. The Morgan fingerprint density at radius 1 is 0.605 bits per heavy atom. The summed E-state index contributed by atoms with van der Waals surface area (Å²) in [6, 6.07) is 30.0. The Morgan fingerprint density at radius 3 is 1.40 bits per heavy atom. The van der Waals surface area contributed by atoms with Crippen LogP contribution in [0.3, 0.4) is 0 Å². The number of rotatable bonds is 9. The lowest BCUT2D eigenvalue weighted by atomic mass is 10.1. The summed E-state index contributed by atoms with van der Waals surface area (Å²) in [7, 11) is -1.94. The predicted octanol–water partition coefficient (Wildman–Crippen LogP) is 9.52. The lowest BCUT2D eigenvalue weighted by molar-refractivity contribution is 0.198. The maximum absolute atomic E-state index is 6.62. The molecule has 0 aliphatic rings. The second-order valence-corrected chi connectivity index (χ2v) is 18.0. The fourth-order valence-electron chi connectivity index (χ4n) is 4.45. The van der Waals surface area contributed by atoms with Crippen molar-refractivity contribution >= 4 is 20.1 Å². The molecule has 0 fully saturated rings. The van der Waals surface area contributed by atoms with E-state index in [4.69, 9.17) is 29.3 Å². The van der Waals surface area contributed by atoms with Crippen molar-refractivity contribution in [2.75, 3.05) is 5.75 Å². The third-order valence-electron chi connectivity index (χ3n) is 7.78. The highest BCUT2D eigenvalue weighted by Gasteiger charge is 2.38. The van der Waals surface area contributed by atoms with Crippen molar-refractivity contribution in [3.8, 4) is 45.6 Å². The molecule has 0 bridgehead atoms. The highest BCUT2D eigenvalue weighted by atomic mass is 32.2. The average molecular weight is 606 g/mol. The minimum atomic E-state index is -1.94. The van der Waals surface area contributed by atoms with Crippen LogP contribution in [0.15, 0.2) is 96.0 Å². The zero-order valence-corrected chi connectivity index (χ0v) is 27.8. The molecule has 0 amide bonds. The fraction of sp³-hybridized carbons (Fsp3) is 0.286. The standard InChI is InChI=1S/C35H39N5OSSi/c1-8-42-34-23-13-22-33(40-34)32-21-12-20-31(39-32)30-19-11-18-29(38-30)28-17-10-16-27(37-28)26-15-9-14-25(36-26)24(2)41-43(6,7)35(3,4)5/h9-24H,8H2,1-7H3/t24-/m0/s1. The summed E-state index contributed by atoms with van der Waals surface area (Å²) in [6.45, 7) is 15.5. The van der Waals surface area contributed by atoms with E-state index in [1.165, 1.54) is 0 Å². The largest absolute Gasteiger partial charge is 0.409 e. The molecule has 8 heteroatoms. The van der Waals surface area contributed by atoms with Gasteiger partial charge in [-0.05, 0) is 91.5 Å². The second-order valence-electron chi connectivity index (χ2n) is 12.0. The van der Waals surface area contributed by atoms with Gasteiger partial charge in [0.2, 0.25) is 0 Å². The van der Waals surface area contributed by atoms with Crippen LogP contribution in [0.4, 0.5) is 0 Å². The Labute approximate surface area is 260 Å². The quantitative estimate of drug-likeness (QED) is 0.122. The maximum Gasteiger partial charge on any atom is 0.192 e. The summed E-state index contributed by atoms with van der Waals surface area (Å²) in [5.74, 6) is 0.974. The lowest BCUT2D eigenvalue weighted by Crippen LogP contribution is -2.41. The number of nitrogens with zero attached hydrogens (tertiary/aromatic N) is 5. The van der Waals surface area contributed by atoms with Gasteiger partial charge >= 0.3 is 0 Å². The molecule has 0 radical (unpaired) electrons. The van der Waals surface area contributed by atoms with Crippen molar-refractivity contribution in [2.24, 2.45) is 0 Å². The molecule has 220 valence electrons. The molecule has 0 unspecified atom stereocenters. The number of hydrogen-bond donors (Lipinski definition) is 0. The Hall–Kier alpha value is -3.72. The Balaban J connectivity index is 1.41. The first-order valence-corrected chi connectivity index (χ1v) is 18.6. The van der Waals surface area contributed by atoms with Crippen LogP contribution >= 0.6 is 11.8 Å². The summed E-state index contributed by atoms with van der Waals surface area (Å²) in [5.41, 5.74) is 7.31. The molecule has 5 rings (SSSR count). The number of pyridine rings is 5. The Bertz CT molecular complexity index is 1720. The third-order valence-corrected chi connectivity index (χ3v) is 13.1. The van der Waals surface area contributed by atoms with Crippen LogP contribution in [-0.4, -0.2) is 39.0 Å². The van der Waals surface area contributed by atoms with Gasteiger partial charge in [-0.1, -0.05) is 58.0 Å². The highest BCUT2D eigenvalue weighted by molar-refractivity contribution is 7.99. The van der Waals surface area contributed by atoms with Crippen molar-refractivity contribution in [3.63, 3.8) is 0 Å². The van der Waals surface area contributed by atoms with E-state index in [0.717, 1.165) is 62.0 Å². The van der Waals surface area contributed by atoms with Gasteiger partial charge in [0, 0.05) is 0 Å². The normalized spacial score (nSPS) is 12.7. The summed E-state index contributed by atoms with van der Waals surface area (Å²) < 4.78 is 6.62. The number of thioether (sulfide) groups is 1.